The zero-order valence-corrected chi connectivity index (χ0v) is 11.1. The minimum Gasteiger partial charge on any atom is -0.383 e. The maximum atomic E-state index is 5.63. The molecule has 1 saturated heterocycles. The Labute approximate surface area is 108 Å². The molecule has 1 aromatic rings. The minimum atomic E-state index is 0.0858. The summed E-state index contributed by atoms with van der Waals surface area (Å²) in [5.41, 5.74) is 2.02. The first-order valence-electron chi connectivity index (χ1n) is 6.45. The molecule has 0 amide bonds. The molecule has 5 heteroatoms. The van der Waals surface area contributed by atoms with E-state index in [0.717, 1.165) is 49.8 Å². The summed E-state index contributed by atoms with van der Waals surface area (Å²) in [6.07, 6.45) is 2.21. The number of nitrogens with one attached hydrogen (secondary N) is 1. The first-order valence-corrected chi connectivity index (χ1v) is 6.45. The first kappa shape index (κ1) is 13.4. The van der Waals surface area contributed by atoms with Crippen molar-refractivity contribution in [2.45, 2.75) is 32.4 Å². The van der Waals surface area contributed by atoms with E-state index in [2.05, 4.69) is 15.3 Å². The van der Waals surface area contributed by atoms with Crippen LogP contribution < -0.4 is 5.32 Å². The van der Waals surface area contributed by atoms with Gasteiger partial charge in [0.25, 0.3) is 0 Å². The van der Waals surface area contributed by atoms with Crippen LogP contribution in [0.3, 0.4) is 0 Å². The maximum absolute atomic E-state index is 5.63. The van der Waals surface area contributed by atoms with Crippen molar-refractivity contribution in [3.05, 3.63) is 23.3 Å². The van der Waals surface area contributed by atoms with Crippen LogP contribution in [0.15, 0.2) is 6.07 Å². The van der Waals surface area contributed by atoms with Gasteiger partial charge >= 0.3 is 0 Å². The van der Waals surface area contributed by atoms with Gasteiger partial charge in [0.05, 0.1) is 12.3 Å². The van der Waals surface area contributed by atoms with E-state index in [0.29, 0.717) is 6.61 Å². The Balaban J connectivity index is 1.97. The molecule has 1 aliphatic rings. The van der Waals surface area contributed by atoms with E-state index in [1.165, 1.54) is 0 Å². The molecule has 0 spiro atoms. The van der Waals surface area contributed by atoms with Gasteiger partial charge in [0.15, 0.2) is 5.82 Å². The minimum absolute atomic E-state index is 0.0858. The number of hydrogen-bond acceptors (Lipinski definition) is 5. The second-order valence-electron chi connectivity index (χ2n) is 4.53. The lowest BCUT2D eigenvalue weighted by Crippen LogP contribution is -2.20. The van der Waals surface area contributed by atoms with E-state index in [1.54, 1.807) is 7.11 Å². The van der Waals surface area contributed by atoms with E-state index >= 15 is 0 Å². The summed E-state index contributed by atoms with van der Waals surface area (Å²) in [6.45, 7) is 5.10. The predicted molar refractivity (Wildman–Crippen MR) is 68.3 cm³/mol. The van der Waals surface area contributed by atoms with Gasteiger partial charge < -0.3 is 14.8 Å². The topological polar surface area (TPSA) is 56.3 Å². The van der Waals surface area contributed by atoms with Crippen LogP contribution >= 0.6 is 0 Å². The van der Waals surface area contributed by atoms with Gasteiger partial charge in [-0.2, -0.15) is 0 Å². The summed E-state index contributed by atoms with van der Waals surface area (Å²) in [5, 5.41) is 3.29. The molecule has 1 aromatic heterocycles. The molecule has 1 unspecified atom stereocenters. The molecule has 1 N–H and O–H groups in total. The smallest absolute Gasteiger partial charge is 0.157 e. The number of aryl methyl sites for hydroxylation is 1. The fourth-order valence-electron chi connectivity index (χ4n) is 2.07. The molecular weight excluding hydrogens is 230 g/mol. The predicted octanol–water partition coefficient (Wildman–Crippen LogP) is 1.37. The van der Waals surface area contributed by atoms with Crippen LogP contribution in [0.1, 0.15) is 36.2 Å². The summed E-state index contributed by atoms with van der Waals surface area (Å²) >= 11 is 0. The van der Waals surface area contributed by atoms with E-state index < -0.39 is 0 Å². The van der Waals surface area contributed by atoms with Crippen molar-refractivity contribution in [2.75, 3.05) is 26.9 Å². The average molecular weight is 251 g/mol. The zero-order valence-electron chi connectivity index (χ0n) is 11.1. The number of ether oxygens (including phenoxy) is 2. The molecule has 2 heterocycles. The number of rotatable bonds is 6. The fraction of sp³-hybridized carbons (Fsp3) is 0.692. The Kier molecular flexibility index (Phi) is 5.04. The lowest BCUT2D eigenvalue weighted by atomic mass is 10.2. The summed E-state index contributed by atoms with van der Waals surface area (Å²) in [7, 11) is 1.70. The van der Waals surface area contributed by atoms with Crippen molar-refractivity contribution >= 4 is 0 Å². The highest BCUT2D eigenvalue weighted by Gasteiger charge is 2.21. The van der Waals surface area contributed by atoms with Crippen LogP contribution in [0.25, 0.3) is 0 Å². The number of aromatic nitrogens is 2. The van der Waals surface area contributed by atoms with Gasteiger partial charge in [-0.1, -0.05) is 0 Å². The largest absolute Gasteiger partial charge is 0.383 e. The highest BCUT2D eigenvalue weighted by molar-refractivity contribution is 5.11. The van der Waals surface area contributed by atoms with Crippen LogP contribution in [0.5, 0.6) is 0 Å². The summed E-state index contributed by atoms with van der Waals surface area (Å²) in [5.74, 6) is 0.830. The van der Waals surface area contributed by atoms with Crippen LogP contribution in [0.2, 0.25) is 0 Å². The Morgan fingerprint density at radius 3 is 3.11 bits per heavy atom. The van der Waals surface area contributed by atoms with Crippen molar-refractivity contribution in [3.63, 3.8) is 0 Å². The van der Waals surface area contributed by atoms with E-state index in [4.69, 9.17) is 9.47 Å². The van der Waals surface area contributed by atoms with Crippen molar-refractivity contribution in [2.24, 2.45) is 0 Å². The average Bonchev–Trinajstić information content (AvgIpc) is 2.88. The van der Waals surface area contributed by atoms with E-state index in [-0.39, 0.29) is 6.10 Å². The van der Waals surface area contributed by atoms with Crippen LogP contribution in [-0.2, 0) is 16.0 Å². The zero-order chi connectivity index (χ0) is 12.8. The molecule has 1 atom stereocenters. The number of nitrogens with zero attached hydrogens (tertiary/aromatic N) is 2. The SMILES string of the molecule is COCCNCc1cc(C)nc(C2CCCO2)n1. The highest BCUT2D eigenvalue weighted by atomic mass is 16.5. The molecule has 0 radical (unpaired) electrons. The van der Waals surface area contributed by atoms with Crippen molar-refractivity contribution < 1.29 is 9.47 Å². The second kappa shape index (κ2) is 6.78. The molecular formula is C13H21N3O2. The van der Waals surface area contributed by atoms with Gasteiger partial charge in [-0.25, -0.2) is 9.97 Å². The van der Waals surface area contributed by atoms with Gasteiger partial charge in [-0.05, 0) is 25.8 Å². The van der Waals surface area contributed by atoms with Gasteiger partial charge in [0.2, 0.25) is 0 Å². The molecule has 18 heavy (non-hydrogen) atoms. The Hall–Kier alpha value is -1.04. The first-order chi connectivity index (χ1) is 8.79. The summed E-state index contributed by atoms with van der Waals surface area (Å²) in [6, 6.07) is 2.01. The molecule has 2 rings (SSSR count). The number of methoxy groups -OCH3 is 1. The lowest BCUT2D eigenvalue weighted by Gasteiger charge is -2.11. The van der Waals surface area contributed by atoms with Crippen LogP contribution in [0.4, 0.5) is 0 Å². The van der Waals surface area contributed by atoms with Crippen LogP contribution in [-0.4, -0.2) is 36.8 Å². The highest BCUT2D eigenvalue weighted by Crippen LogP contribution is 2.25. The van der Waals surface area contributed by atoms with Crippen LogP contribution in [0, 0.1) is 6.92 Å². The van der Waals surface area contributed by atoms with E-state index in [1.807, 2.05) is 13.0 Å². The molecule has 0 saturated carbocycles. The molecule has 1 aliphatic heterocycles. The molecule has 5 nitrogen and oxygen atoms in total. The quantitative estimate of drug-likeness (QED) is 0.774. The third kappa shape index (κ3) is 3.73. The third-order valence-corrected chi connectivity index (χ3v) is 2.93. The molecule has 100 valence electrons. The Morgan fingerprint density at radius 1 is 1.50 bits per heavy atom. The van der Waals surface area contributed by atoms with Gasteiger partial charge in [-0.3, -0.25) is 0 Å². The third-order valence-electron chi connectivity index (χ3n) is 2.93. The van der Waals surface area contributed by atoms with Crippen molar-refractivity contribution in [1.29, 1.82) is 0 Å². The Bertz CT molecular complexity index is 378. The molecule has 1 fully saturated rings. The molecule has 0 bridgehead atoms. The fourth-order valence-corrected chi connectivity index (χ4v) is 2.07. The Morgan fingerprint density at radius 2 is 2.39 bits per heavy atom. The van der Waals surface area contributed by atoms with Gasteiger partial charge in [-0.15, -0.1) is 0 Å². The normalized spacial score (nSPS) is 19.3. The lowest BCUT2D eigenvalue weighted by molar-refractivity contribution is 0.104. The maximum Gasteiger partial charge on any atom is 0.157 e. The molecule has 0 aromatic carbocycles. The van der Waals surface area contributed by atoms with Gasteiger partial charge in [0.1, 0.15) is 6.10 Å². The van der Waals surface area contributed by atoms with Crippen molar-refractivity contribution in [1.82, 2.24) is 15.3 Å². The summed E-state index contributed by atoms with van der Waals surface area (Å²) < 4.78 is 10.6. The molecule has 0 aliphatic carbocycles. The summed E-state index contributed by atoms with van der Waals surface area (Å²) in [4.78, 5) is 9.05. The van der Waals surface area contributed by atoms with Crippen molar-refractivity contribution in [3.8, 4) is 0 Å². The standard InChI is InChI=1S/C13H21N3O2/c1-10-8-11(9-14-5-7-17-2)16-13(15-10)12-4-3-6-18-12/h8,12,14H,3-7,9H2,1-2H3. The van der Waals surface area contributed by atoms with E-state index in [9.17, 15) is 0 Å². The monoisotopic (exact) mass is 251 g/mol. The number of hydrogen-bond donors (Lipinski definition) is 1. The second-order valence-corrected chi connectivity index (χ2v) is 4.53. The van der Waals surface area contributed by atoms with Gasteiger partial charge in [0, 0.05) is 32.5 Å².